The second kappa shape index (κ2) is 6.06. The first-order chi connectivity index (χ1) is 3.77. The predicted molar refractivity (Wildman–Crippen MR) is 42.9 cm³/mol. The Morgan fingerprint density at radius 1 is 1.50 bits per heavy atom. The van der Waals surface area contributed by atoms with Crippen molar-refractivity contribution in [3.8, 4) is 0 Å². The summed E-state index contributed by atoms with van der Waals surface area (Å²) in [5.41, 5.74) is 0. The van der Waals surface area contributed by atoms with Gasteiger partial charge in [-0.25, -0.2) is 0 Å². The van der Waals surface area contributed by atoms with Gasteiger partial charge in [0, 0.05) is 0 Å². The van der Waals surface area contributed by atoms with Crippen LogP contribution < -0.4 is 0 Å². The SMILES string of the molecule is CCCCSC(Cl)Cl. The fourth-order valence-electron chi connectivity index (χ4n) is 0.317. The molecule has 0 aliphatic heterocycles. The molecule has 3 heteroatoms. The number of hydrogen-bond acceptors (Lipinski definition) is 1. The van der Waals surface area contributed by atoms with Gasteiger partial charge < -0.3 is 0 Å². The van der Waals surface area contributed by atoms with Crippen molar-refractivity contribution < 1.29 is 0 Å². The molecule has 0 heterocycles. The highest BCUT2D eigenvalue weighted by Gasteiger charge is 1.95. The van der Waals surface area contributed by atoms with Crippen molar-refractivity contribution in [1.82, 2.24) is 0 Å². The Labute approximate surface area is 64.9 Å². The Kier molecular flexibility index (Phi) is 6.76. The van der Waals surface area contributed by atoms with Gasteiger partial charge in [-0.3, -0.25) is 0 Å². The molecular formula is C5H10Cl2S. The van der Waals surface area contributed by atoms with Crippen LogP contribution in [0.3, 0.4) is 0 Å². The highest BCUT2D eigenvalue weighted by atomic mass is 35.5. The number of rotatable bonds is 4. The topological polar surface area (TPSA) is 0 Å². The quantitative estimate of drug-likeness (QED) is 0.464. The molecular weight excluding hydrogens is 163 g/mol. The van der Waals surface area contributed by atoms with Crippen molar-refractivity contribution in [3.63, 3.8) is 0 Å². The Morgan fingerprint density at radius 3 is 2.50 bits per heavy atom. The third-order valence-electron chi connectivity index (χ3n) is 0.742. The third-order valence-corrected chi connectivity index (χ3v) is 2.27. The molecule has 0 aliphatic carbocycles. The van der Waals surface area contributed by atoms with Crippen LogP contribution in [0.15, 0.2) is 0 Å². The minimum atomic E-state index is -0.235. The number of alkyl halides is 2. The van der Waals surface area contributed by atoms with E-state index in [1.165, 1.54) is 12.8 Å². The molecule has 0 aromatic carbocycles. The van der Waals surface area contributed by atoms with Gasteiger partial charge in [-0.05, 0) is 12.2 Å². The van der Waals surface area contributed by atoms with Crippen LogP contribution >= 0.6 is 35.0 Å². The smallest absolute Gasteiger partial charge is 0.127 e. The number of halogens is 2. The van der Waals surface area contributed by atoms with E-state index in [0.29, 0.717) is 0 Å². The molecule has 0 amide bonds. The van der Waals surface area contributed by atoms with Crippen LogP contribution in [0, 0.1) is 0 Å². The number of hydrogen-bond donors (Lipinski definition) is 0. The van der Waals surface area contributed by atoms with E-state index in [1.54, 1.807) is 11.8 Å². The molecule has 50 valence electrons. The minimum Gasteiger partial charge on any atom is -0.127 e. The lowest BCUT2D eigenvalue weighted by molar-refractivity contribution is 0.897. The van der Waals surface area contributed by atoms with Crippen molar-refractivity contribution >= 4 is 35.0 Å². The van der Waals surface area contributed by atoms with E-state index in [0.717, 1.165) is 5.75 Å². The molecule has 0 aromatic heterocycles. The third kappa shape index (κ3) is 6.93. The van der Waals surface area contributed by atoms with Gasteiger partial charge in [-0.1, -0.05) is 36.5 Å². The Hall–Kier alpha value is 0.930. The monoisotopic (exact) mass is 172 g/mol. The molecule has 0 atom stereocenters. The minimum absolute atomic E-state index is 0.235. The van der Waals surface area contributed by atoms with Crippen LogP contribution in [-0.4, -0.2) is 9.92 Å². The number of thioether (sulfide) groups is 1. The molecule has 0 saturated carbocycles. The molecule has 0 radical (unpaired) electrons. The van der Waals surface area contributed by atoms with Crippen molar-refractivity contribution in [2.45, 2.75) is 23.9 Å². The van der Waals surface area contributed by atoms with Crippen molar-refractivity contribution in [3.05, 3.63) is 0 Å². The van der Waals surface area contributed by atoms with Crippen molar-refractivity contribution in [2.24, 2.45) is 0 Å². The fraction of sp³-hybridized carbons (Fsp3) is 1.00. The van der Waals surface area contributed by atoms with E-state index in [4.69, 9.17) is 23.2 Å². The standard InChI is InChI=1S/C5H10Cl2S/c1-2-3-4-8-5(6)7/h5H,2-4H2,1H3. The zero-order chi connectivity index (χ0) is 6.41. The fourth-order valence-corrected chi connectivity index (χ4v) is 1.48. The van der Waals surface area contributed by atoms with Gasteiger partial charge in [0.25, 0.3) is 0 Å². The van der Waals surface area contributed by atoms with Gasteiger partial charge in [0.2, 0.25) is 0 Å². The van der Waals surface area contributed by atoms with Crippen molar-refractivity contribution in [2.75, 3.05) is 5.75 Å². The first-order valence-electron chi connectivity index (χ1n) is 2.67. The molecule has 0 fully saturated rings. The molecule has 0 unspecified atom stereocenters. The number of unbranched alkanes of at least 4 members (excludes halogenated alkanes) is 1. The second-order valence-corrected chi connectivity index (χ2v) is 4.31. The Balaban J connectivity index is 2.72. The summed E-state index contributed by atoms with van der Waals surface area (Å²) in [5, 5.41) is 0. The van der Waals surface area contributed by atoms with E-state index in [-0.39, 0.29) is 4.17 Å². The first kappa shape index (κ1) is 8.93. The predicted octanol–water partition coefficient (Wildman–Crippen LogP) is 3.28. The lowest BCUT2D eigenvalue weighted by Crippen LogP contribution is -1.81. The molecule has 0 saturated heterocycles. The molecule has 0 bridgehead atoms. The molecule has 0 spiro atoms. The van der Waals surface area contributed by atoms with E-state index in [2.05, 4.69) is 6.92 Å². The summed E-state index contributed by atoms with van der Waals surface area (Å²) in [7, 11) is 0. The zero-order valence-electron chi connectivity index (χ0n) is 4.86. The summed E-state index contributed by atoms with van der Waals surface area (Å²) in [5.74, 6) is 1.08. The first-order valence-corrected chi connectivity index (χ1v) is 4.59. The Morgan fingerprint density at radius 2 is 2.12 bits per heavy atom. The molecule has 0 N–H and O–H groups in total. The van der Waals surface area contributed by atoms with Crippen LogP contribution in [0.1, 0.15) is 19.8 Å². The maximum Gasteiger partial charge on any atom is 0.153 e. The maximum atomic E-state index is 5.44. The lowest BCUT2D eigenvalue weighted by atomic mass is 10.4. The lowest BCUT2D eigenvalue weighted by Gasteiger charge is -1.96. The molecule has 0 aliphatic rings. The van der Waals surface area contributed by atoms with E-state index < -0.39 is 0 Å². The summed E-state index contributed by atoms with van der Waals surface area (Å²) < 4.78 is -0.235. The van der Waals surface area contributed by atoms with Gasteiger partial charge in [-0.2, -0.15) is 0 Å². The van der Waals surface area contributed by atoms with Gasteiger partial charge in [-0.15, -0.1) is 11.8 Å². The van der Waals surface area contributed by atoms with Gasteiger partial charge in [0.05, 0.1) is 0 Å². The summed E-state index contributed by atoms with van der Waals surface area (Å²) in [6.45, 7) is 2.15. The average Bonchev–Trinajstić information content (AvgIpc) is 1.66. The zero-order valence-corrected chi connectivity index (χ0v) is 7.19. The molecule has 8 heavy (non-hydrogen) atoms. The van der Waals surface area contributed by atoms with E-state index in [1.807, 2.05) is 0 Å². The van der Waals surface area contributed by atoms with E-state index >= 15 is 0 Å². The van der Waals surface area contributed by atoms with Crippen LogP contribution in [0.5, 0.6) is 0 Å². The molecule has 0 aromatic rings. The van der Waals surface area contributed by atoms with Gasteiger partial charge in [0.1, 0.15) is 0 Å². The molecule has 0 nitrogen and oxygen atoms in total. The van der Waals surface area contributed by atoms with Gasteiger partial charge >= 0.3 is 0 Å². The summed E-state index contributed by atoms with van der Waals surface area (Å²) in [4.78, 5) is 0. The van der Waals surface area contributed by atoms with E-state index in [9.17, 15) is 0 Å². The Bertz CT molecular complexity index is 47.7. The largest absolute Gasteiger partial charge is 0.153 e. The molecule has 0 rings (SSSR count). The van der Waals surface area contributed by atoms with Crippen molar-refractivity contribution in [1.29, 1.82) is 0 Å². The van der Waals surface area contributed by atoms with Crippen LogP contribution in [-0.2, 0) is 0 Å². The normalized spacial score (nSPS) is 10.5. The van der Waals surface area contributed by atoms with Crippen LogP contribution in [0.4, 0.5) is 0 Å². The van der Waals surface area contributed by atoms with Crippen LogP contribution in [0.25, 0.3) is 0 Å². The summed E-state index contributed by atoms with van der Waals surface area (Å²) in [6, 6.07) is 0. The highest BCUT2D eigenvalue weighted by Crippen LogP contribution is 2.19. The van der Waals surface area contributed by atoms with Crippen LogP contribution in [0.2, 0.25) is 0 Å². The second-order valence-electron chi connectivity index (χ2n) is 1.48. The summed E-state index contributed by atoms with van der Waals surface area (Å²) in [6.07, 6.45) is 2.42. The highest BCUT2D eigenvalue weighted by molar-refractivity contribution is 8.02. The average molecular weight is 173 g/mol. The van der Waals surface area contributed by atoms with Gasteiger partial charge in [0.15, 0.2) is 4.17 Å². The maximum absolute atomic E-state index is 5.44. The summed E-state index contributed by atoms with van der Waals surface area (Å²) >= 11 is 12.5.